The summed E-state index contributed by atoms with van der Waals surface area (Å²) >= 11 is 0. The lowest BCUT2D eigenvalue weighted by Crippen LogP contribution is -2.30. The Labute approximate surface area is 136 Å². The van der Waals surface area contributed by atoms with Gasteiger partial charge in [-0.2, -0.15) is 0 Å². The van der Waals surface area contributed by atoms with E-state index in [-0.39, 0.29) is 12.4 Å². The van der Waals surface area contributed by atoms with Crippen LogP contribution in [0.3, 0.4) is 0 Å². The Bertz CT molecular complexity index is 720. The molecule has 0 saturated carbocycles. The van der Waals surface area contributed by atoms with Gasteiger partial charge < -0.3 is 30.1 Å². The van der Waals surface area contributed by atoms with E-state index in [1.807, 2.05) is 0 Å². The molecule has 2 heterocycles. The van der Waals surface area contributed by atoms with E-state index in [0.29, 0.717) is 11.2 Å². The Hall–Kier alpha value is -1.66. The van der Waals surface area contributed by atoms with Crippen LogP contribution >= 0.6 is 7.82 Å². The number of nitrogens with zero attached hydrogens (tertiary/aromatic N) is 4. The predicted octanol–water partition coefficient (Wildman–Crippen LogP) is -0.960. The number of hydrogen-bond acceptors (Lipinski definition) is 9. The maximum atomic E-state index is 10.8. The summed E-state index contributed by atoms with van der Waals surface area (Å²) in [6.45, 7) is -0.899. The van der Waals surface area contributed by atoms with Crippen LogP contribution in [-0.4, -0.2) is 67.4 Å². The third kappa shape index (κ3) is 4.68. The zero-order valence-corrected chi connectivity index (χ0v) is 13.6. The summed E-state index contributed by atoms with van der Waals surface area (Å²) in [6, 6.07) is 0. The fourth-order valence-corrected chi connectivity index (χ4v) is 2.35. The van der Waals surface area contributed by atoms with Crippen LogP contribution in [0.1, 0.15) is 6.23 Å². The number of methoxy groups -OCH3 is 1. The lowest BCUT2D eigenvalue weighted by atomic mass is 10.4. The third-order valence-electron chi connectivity index (χ3n) is 2.98. The Morgan fingerprint density at radius 3 is 2.71 bits per heavy atom. The fraction of sp³-hybridized carbons (Fsp3) is 0.545. The molecule has 0 amide bonds. The summed E-state index contributed by atoms with van der Waals surface area (Å²) in [5, 5.41) is 9.59. The average Bonchev–Trinajstić information content (AvgIpc) is 2.94. The highest BCUT2D eigenvalue weighted by atomic mass is 31.2. The highest BCUT2D eigenvalue weighted by Gasteiger charge is 2.24. The summed E-state index contributed by atoms with van der Waals surface area (Å²) in [5.74, 6) is 0.175. The van der Waals surface area contributed by atoms with Crippen LogP contribution in [0.15, 0.2) is 12.7 Å². The van der Waals surface area contributed by atoms with Crippen molar-refractivity contribution >= 4 is 24.8 Å². The minimum atomic E-state index is -4.66. The number of nitrogen functional groups attached to an aromatic ring is 1. The second-order valence-electron chi connectivity index (χ2n) is 4.72. The van der Waals surface area contributed by atoms with Gasteiger partial charge in [0.1, 0.15) is 17.9 Å². The van der Waals surface area contributed by atoms with Crippen molar-refractivity contribution in [3.8, 4) is 0 Å². The minimum Gasteiger partial charge on any atom is -0.392 e. The van der Waals surface area contributed by atoms with Crippen molar-refractivity contribution in [1.29, 1.82) is 0 Å². The predicted molar refractivity (Wildman–Crippen MR) is 80.6 cm³/mol. The molecule has 12 nitrogen and oxygen atoms in total. The molecule has 0 radical (unpaired) electrons. The van der Waals surface area contributed by atoms with Gasteiger partial charge in [-0.15, -0.1) is 0 Å². The number of phosphoric ester groups is 1. The molecule has 13 heteroatoms. The van der Waals surface area contributed by atoms with E-state index in [1.54, 1.807) is 0 Å². The number of aliphatic hydroxyl groups excluding tert-OH is 1. The molecule has 0 bridgehead atoms. The molecule has 2 aromatic rings. The summed E-state index contributed by atoms with van der Waals surface area (Å²) < 4.78 is 27.2. The van der Waals surface area contributed by atoms with E-state index in [0.717, 1.165) is 0 Å². The number of imidazole rings is 1. The SMILES string of the molecule is COCC(COP(=O)(O)O)O[C@H](CO)n1cnc2c(N)ncnc21. The van der Waals surface area contributed by atoms with Gasteiger partial charge in [0.15, 0.2) is 17.7 Å². The summed E-state index contributed by atoms with van der Waals surface area (Å²) in [4.78, 5) is 29.5. The van der Waals surface area contributed by atoms with Crippen LogP contribution in [0.5, 0.6) is 0 Å². The van der Waals surface area contributed by atoms with Crippen molar-refractivity contribution in [3.05, 3.63) is 12.7 Å². The smallest absolute Gasteiger partial charge is 0.392 e. The van der Waals surface area contributed by atoms with Crippen molar-refractivity contribution < 1.29 is 33.5 Å². The van der Waals surface area contributed by atoms with Crippen LogP contribution in [0.4, 0.5) is 5.82 Å². The Morgan fingerprint density at radius 2 is 2.08 bits per heavy atom. The van der Waals surface area contributed by atoms with Crippen LogP contribution in [-0.2, 0) is 18.6 Å². The molecule has 0 aliphatic carbocycles. The highest BCUT2D eigenvalue weighted by Crippen LogP contribution is 2.36. The lowest BCUT2D eigenvalue weighted by Gasteiger charge is -2.24. The van der Waals surface area contributed by atoms with Crippen LogP contribution in [0, 0.1) is 0 Å². The summed E-state index contributed by atoms with van der Waals surface area (Å²) in [5.41, 5.74) is 6.38. The zero-order chi connectivity index (χ0) is 17.7. The second-order valence-corrected chi connectivity index (χ2v) is 5.96. The van der Waals surface area contributed by atoms with Gasteiger partial charge in [-0.1, -0.05) is 0 Å². The molecule has 0 aliphatic heterocycles. The second kappa shape index (κ2) is 7.94. The van der Waals surface area contributed by atoms with E-state index in [2.05, 4.69) is 19.5 Å². The van der Waals surface area contributed by atoms with Gasteiger partial charge in [-0.25, -0.2) is 19.5 Å². The van der Waals surface area contributed by atoms with Gasteiger partial charge in [0.25, 0.3) is 0 Å². The van der Waals surface area contributed by atoms with Gasteiger partial charge in [-0.05, 0) is 0 Å². The molecule has 2 aromatic heterocycles. The quantitative estimate of drug-likeness (QED) is 0.404. The zero-order valence-electron chi connectivity index (χ0n) is 12.7. The maximum Gasteiger partial charge on any atom is 0.469 e. The number of aromatic nitrogens is 4. The Morgan fingerprint density at radius 1 is 1.33 bits per heavy atom. The molecule has 0 saturated heterocycles. The van der Waals surface area contributed by atoms with E-state index in [4.69, 9.17) is 25.0 Å². The molecule has 0 aromatic carbocycles. The average molecular weight is 363 g/mol. The first kappa shape index (κ1) is 18.7. The number of anilines is 1. The number of nitrogens with two attached hydrogens (primary N) is 1. The maximum absolute atomic E-state index is 10.8. The third-order valence-corrected chi connectivity index (χ3v) is 3.47. The number of aliphatic hydroxyl groups is 1. The molecule has 0 aliphatic rings. The number of rotatable bonds is 9. The van der Waals surface area contributed by atoms with Crippen molar-refractivity contribution in [2.45, 2.75) is 12.3 Å². The van der Waals surface area contributed by atoms with E-state index in [1.165, 1.54) is 24.3 Å². The van der Waals surface area contributed by atoms with Gasteiger partial charge in [-0.3, -0.25) is 9.09 Å². The number of phosphoric acid groups is 1. The Balaban J connectivity index is 2.19. The van der Waals surface area contributed by atoms with Gasteiger partial charge in [0.2, 0.25) is 0 Å². The van der Waals surface area contributed by atoms with Gasteiger partial charge in [0.05, 0.1) is 26.1 Å². The minimum absolute atomic E-state index is 0.0136. The molecule has 0 spiro atoms. The number of fused-ring (bicyclic) bond motifs is 1. The molecule has 2 atom stereocenters. The fourth-order valence-electron chi connectivity index (χ4n) is 1.99. The van der Waals surface area contributed by atoms with Crippen molar-refractivity contribution in [2.24, 2.45) is 0 Å². The van der Waals surface area contributed by atoms with Crippen molar-refractivity contribution in [2.75, 3.05) is 32.7 Å². The monoisotopic (exact) mass is 363 g/mol. The molecule has 5 N–H and O–H groups in total. The largest absolute Gasteiger partial charge is 0.469 e. The number of ether oxygens (including phenoxy) is 2. The standard InChI is InChI=1S/C11H18N5O7P/c1-21-3-7(4-22-24(18,19)20)23-8(2-17)16-6-15-9-10(12)13-5-14-11(9)16/h5-8,17H,2-4H2,1H3,(H2,12,13,14)(H2,18,19,20)/t7?,8-/m1/s1. The van der Waals surface area contributed by atoms with E-state index < -0.39 is 33.4 Å². The molecular formula is C11H18N5O7P. The van der Waals surface area contributed by atoms with Crippen LogP contribution in [0.2, 0.25) is 0 Å². The number of hydrogen-bond donors (Lipinski definition) is 4. The molecular weight excluding hydrogens is 345 g/mol. The summed E-state index contributed by atoms with van der Waals surface area (Å²) in [7, 11) is -3.26. The molecule has 0 fully saturated rings. The van der Waals surface area contributed by atoms with Crippen molar-refractivity contribution in [3.63, 3.8) is 0 Å². The first-order valence-corrected chi connectivity index (χ1v) is 8.27. The van der Waals surface area contributed by atoms with E-state index in [9.17, 15) is 9.67 Å². The summed E-state index contributed by atoms with van der Waals surface area (Å²) in [6.07, 6.45) is 0.819. The normalized spacial score (nSPS) is 14.8. The van der Waals surface area contributed by atoms with Crippen LogP contribution in [0.25, 0.3) is 11.2 Å². The first-order chi connectivity index (χ1) is 11.4. The first-order valence-electron chi connectivity index (χ1n) is 6.74. The topological polar surface area (TPSA) is 175 Å². The molecule has 134 valence electrons. The highest BCUT2D eigenvalue weighted by molar-refractivity contribution is 7.46. The molecule has 24 heavy (non-hydrogen) atoms. The van der Waals surface area contributed by atoms with Gasteiger partial charge >= 0.3 is 7.82 Å². The Kier molecular flexibility index (Phi) is 6.18. The molecule has 1 unspecified atom stereocenters. The lowest BCUT2D eigenvalue weighted by molar-refractivity contribution is -0.114. The van der Waals surface area contributed by atoms with E-state index >= 15 is 0 Å². The van der Waals surface area contributed by atoms with Gasteiger partial charge in [0, 0.05) is 7.11 Å². The molecule has 2 rings (SSSR count). The van der Waals surface area contributed by atoms with Crippen molar-refractivity contribution in [1.82, 2.24) is 19.5 Å². The van der Waals surface area contributed by atoms with Crippen LogP contribution < -0.4 is 5.73 Å².